The third-order valence-corrected chi connectivity index (χ3v) is 4.74. The number of nitrogens with one attached hydrogen (secondary N) is 2. The molecule has 0 aromatic heterocycles. The van der Waals surface area contributed by atoms with E-state index in [1.807, 2.05) is 0 Å². The Bertz CT molecular complexity index is 421. The number of hydrogen-bond acceptors (Lipinski definition) is 5. The highest BCUT2D eigenvalue weighted by Crippen LogP contribution is 2.19. The Morgan fingerprint density at radius 3 is 2.89 bits per heavy atom. The predicted molar refractivity (Wildman–Crippen MR) is 72.1 cm³/mol. The molecule has 0 aliphatic carbocycles. The van der Waals surface area contributed by atoms with Crippen LogP contribution in [0.5, 0.6) is 0 Å². The summed E-state index contributed by atoms with van der Waals surface area (Å²) in [5.74, 6) is 0.793. The Morgan fingerprint density at radius 1 is 1.50 bits per heavy atom. The zero-order valence-corrected chi connectivity index (χ0v) is 11.8. The average Bonchev–Trinajstić information content (AvgIpc) is 2.72. The third kappa shape index (κ3) is 3.35. The second-order valence-corrected chi connectivity index (χ2v) is 7.07. The first-order chi connectivity index (χ1) is 8.47. The standard InChI is InChI=1S/C11H22N4O2S/c1-9-7-12-11(14-9)13-8-10-5-3-4-6-15(10)18(2,16)17/h9-10H,3-8H2,1-2H3,(H2,12,13,14). The van der Waals surface area contributed by atoms with E-state index in [9.17, 15) is 8.42 Å². The van der Waals surface area contributed by atoms with Gasteiger partial charge in [-0.15, -0.1) is 0 Å². The molecule has 0 bridgehead atoms. The third-order valence-electron chi connectivity index (χ3n) is 3.41. The lowest BCUT2D eigenvalue weighted by molar-refractivity contribution is 0.253. The molecule has 2 unspecified atom stereocenters. The maximum atomic E-state index is 11.7. The van der Waals surface area contributed by atoms with E-state index in [0.717, 1.165) is 31.8 Å². The summed E-state index contributed by atoms with van der Waals surface area (Å²) in [5.41, 5.74) is 0. The molecule has 0 saturated carbocycles. The average molecular weight is 274 g/mol. The van der Waals surface area contributed by atoms with Crippen LogP contribution in [-0.2, 0) is 10.0 Å². The van der Waals surface area contributed by atoms with Crippen LogP contribution in [0.4, 0.5) is 0 Å². The van der Waals surface area contributed by atoms with Gasteiger partial charge in [-0.25, -0.2) is 8.42 Å². The van der Waals surface area contributed by atoms with Crippen molar-refractivity contribution in [2.75, 3.05) is 25.9 Å². The van der Waals surface area contributed by atoms with Crippen LogP contribution in [0.25, 0.3) is 0 Å². The topological polar surface area (TPSA) is 73.8 Å². The van der Waals surface area contributed by atoms with Crippen molar-refractivity contribution in [1.82, 2.24) is 14.9 Å². The van der Waals surface area contributed by atoms with Crippen LogP contribution in [0.3, 0.4) is 0 Å². The van der Waals surface area contributed by atoms with Crippen molar-refractivity contribution in [2.45, 2.75) is 38.3 Å². The SMILES string of the molecule is CC1CN=C(NCC2CCCCN2S(C)(=O)=O)N1. The second kappa shape index (κ2) is 5.44. The molecule has 1 fully saturated rings. The zero-order valence-electron chi connectivity index (χ0n) is 11.0. The normalized spacial score (nSPS) is 29.8. The maximum Gasteiger partial charge on any atom is 0.211 e. The van der Waals surface area contributed by atoms with E-state index in [1.165, 1.54) is 6.26 Å². The summed E-state index contributed by atoms with van der Waals surface area (Å²) in [6.07, 6.45) is 4.26. The molecule has 0 spiro atoms. The van der Waals surface area contributed by atoms with E-state index < -0.39 is 10.0 Å². The Kier molecular flexibility index (Phi) is 4.11. The van der Waals surface area contributed by atoms with Crippen molar-refractivity contribution in [1.29, 1.82) is 0 Å². The zero-order chi connectivity index (χ0) is 13.2. The number of piperidine rings is 1. The molecule has 2 heterocycles. The van der Waals surface area contributed by atoms with Gasteiger partial charge in [-0.1, -0.05) is 6.42 Å². The molecule has 2 N–H and O–H groups in total. The van der Waals surface area contributed by atoms with Crippen LogP contribution in [0, 0.1) is 0 Å². The van der Waals surface area contributed by atoms with E-state index >= 15 is 0 Å². The summed E-state index contributed by atoms with van der Waals surface area (Å²) >= 11 is 0. The molecule has 1 saturated heterocycles. The fourth-order valence-corrected chi connectivity index (χ4v) is 3.67. The number of guanidine groups is 1. The molecule has 0 amide bonds. The highest BCUT2D eigenvalue weighted by Gasteiger charge is 2.29. The first-order valence-corrected chi connectivity index (χ1v) is 8.33. The number of rotatable bonds is 3. The Labute approximate surface area is 109 Å². The molecule has 2 rings (SSSR count). The van der Waals surface area contributed by atoms with Gasteiger partial charge in [0.1, 0.15) is 0 Å². The molecule has 0 aromatic rings. The van der Waals surface area contributed by atoms with Crippen LogP contribution in [0.2, 0.25) is 0 Å². The summed E-state index contributed by atoms with van der Waals surface area (Å²) in [5, 5.41) is 6.43. The largest absolute Gasteiger partial charge is 0.355 e. The molecule has 2 aliphatic heterocycles. The predicted octanol–water partition coefficient (Wildman–Crippen LogP) is -0.262. The molecular weight excluding hydrogens is 252 g/mol. The Balaban J connectivity index is 1.90. The lowest BCUT2D eigenvalue weighted by Gasteiger charge is -2.33. The summed E-state index contributed by atoms with van der Waals surface area (Å²) in [6, 6.07) is 0.416. The smallest absolute Gasteiger partial charge is 0.211 e. The molecule has 18 heavy (non-hydrogen) atoms. The van der Waals surface area contributed by atoms with Crippen LogP contribution in [0.1, 0.15) is 26.2 Å². The van der Waals surface area contributed by atoms with Crippen molar-refractivity contribution in [3.8, 4) is 0 Å². The van der Waals surface area contributed by atoms with E-state index in [4.69, 9.17) is 0 Å². The van der Waals surface area contributed by atoms with Crippen LogP contribution < -0.4 is 10.6 Å². The highest BCUT2D eigenvalue weighted by atomic mass is 32.2. The molecule has 2 aliphatic rings. The summed E-state index contributed by atoms with van der Waals surface area (Å²) in [6.45, 7) is 4.12. The van der Waals surface area contributed by atoms with Crippen LogP contribution in [-0.4, -0.2) is 56.7 Å². The number of nitrogens with zero attached hydrogens (tertiary/aromatic N) is 2. The minimum Gasteiger partial charge on any atom is -0.355 e. The van der Waals surface area contributed by atoms with Gasteiger partial charge < -0.3 is 10.6 Å². The molecule has 104 valence electrons. The molecule has 2 atom stereocenters. The number of sulfonamides is 1. The van der Waals surface area contributed by atoms with Gasteiger partial charge in [-0.05, 0) is 19.8 Å². The Morgan fingerprint density at radius 2 is 2.28 bits per heavy atom. The Hall–Kier alpha value is -0.820. The van der Waals surface area contributed by atoms with Crippen molar-refractivity contribution < 1.29 is 8.42 Å². The van der Waals surface area contributed by atoms with Crippen LogP contribution >= 0.6 is 0 Å². The second-order valence-electron chi connectivity index (χ2n) is 5.14. The molecule has 7 heteroatoms. The van der Waals surface area contributed by atoms with Crippen LogP contribution in [0.15, 0.2) is 4.99 Å². The van der Waals surface area contributed by atoms with Crippen molar-refractivity contribution >= 4 is 16.0 Å². The minimum absolute atomic E-state index is 0.0501. The van der Waals surface area contributed by atoms with Gasteiger partial charge in [-0.3, -0.25) is 4.99 Å². The molecule has 6 nitrogen and oxygen atoms in total. The van der Waals surface area contributed by atoms with Gasteiger partial charge in [0, 0.05) is 25.2 Å². The van der Waals surface area contributed by atoms with Gasteiger partial charge in [-0.2, -0.15) is 4.31 Å². The number of aliphatic imine (C=N–C) groups is 1. The number of hydrogen-bond donors (Lipinski definition) is 2. The first kappa shape index (κ1) is 13.6. The monoisotopic (exact) mass is 274 g/mol. The van der Waals surface area contributed by atoms with Gasteiger partial charge in [0.25, 0.3) is 0 Å². The van der Waals surface area contributed by atoms with Crippen molar-refractivity contribution in [2.24, 2.45) is 4.99 Å². The van der Waals surface area contributed by atoms with E-state index in [0.29, 0.717) is 19.1 Å². The van der Waals surface area contributed by atoms with E-state index in [1.54, 1.807) is 4.31 Å². The van der Waals surface area contributed by atoms with Gasteiger partial charge in [0.05, 0.1) is 12.8 Å². The van der Waals surface area contributed by atoms with Crippen molar-refractivity contribution in [3.05, 3.63) is 0 Å². The first-order valence-electron chi connectivity index (χ1n) is 6.48. The van der Waals surface area contributed by atoms with Crippen molar-refractivity contribution in [3.63, 3.8) is 0 Å². The van der Waals surface area contributed by atoms with E-state index in [2.05, 4.69) is 22.5 Å². The lowest BCUT2D eigenvalue weighted by atomic mass is 10.1. The molecule has 0 aromatic carbocycles. The van der Waals surface area contributed by atoms with E-state index in [-0.39, 0.29) is 6.04 Å². The minimum atomic E-state index is -3.10. The summed E-state index contributed by atoms with van der Waals surface area (Å²) in [7, 11) is -3.10. The maximum absolute atomic E-state index is 11.7. The molecule has 0 radical (unpaired) electrons. The fraction of sp³-hybridized carbons (Fsp3) is 0.909. The van der Waals surface area contributed by atoms with Gasteiger partial charge >= 0.3 is 0 Å². The fourth-order valence-electron chi connectivity index (χ4n) is 2.49. The summed E-state index contributed by atoms with van der Waals surface area (Å²) in [4.78, 5) is 4.31. The lowest BCUT2D eigenvalue weighted by Crippen LogP contribution is -2.50. The van der Waals surface area contributed by atoms with Gasteiger partial charge in [0.15, 0.2) is 5.96 Å². The highest BCUT2D eigenvalue weighted by molar-refractivity contribution is 7.88. The van der Waals surface area contributed by atoms with Gasteiger partial charge in [0.2, 0.25) is 10.0 Å². The summed E-state index contributed by atoms with van der Waals surface area (Å²) < 4.78 is 25.0. The quantitative estimate of drug-likeness (QED) is 0.743. The molecular formula is C11H22N4O2S.